The molecule has 3 fully saturated rings. The zero-order valence-corrected chi connectivity index (χ0v) is 11.9. The highest BCUT2D eigenvalue weighted by atomic mass is 16.3. The molecule has 1 saturated heterocycles. The van der Waals surface area contributed by atoms with E-state index in [1.165, 1.54) is 57.9 Å². The van der Waals surface area contributed by atoms with Crippen molar-refractivity contribution < 1.29 is 5.11 Å². The van der Waals surface area contributed by atoms with Crippen LogP contribution in [0, 0.1) is 11.8 Å². The van der Waals surface area contributed by atoms with Crippen molar-refractivity contribution in [3.8, 4) is 0 Å². The summed E-state index contributed by atoms with van der Waals surface area (Å²) < 4.78 is 0. The van der Waals surface area contributed by atoms with Crippen molar-refractivity contribution in [1.29, 1.82) is 0 Å². The van der Waals surface area contributed by atoms with E-state index in [1.54, 1.807) is 0 Å². The third kappa shape index (κ3) is 2.46. The summed E-state index contributed by atoms with van der Waals surface area (Å²) >= 11 is 0. The molecule has 4 atom stereocenters. The average molecular weight is 251 g/mol. The Hall–Kier alpha value is -0.0800. The first-order valence-electron chi connectivity index (χ1n) is 8.19. The molecule has 0 amide bonds. The van der Waals surface area contributed by atoms with Crippen molar-refractivity contribution in [3.05, 3.63) is 0 Å². The van der Waals surface area contributed by atoms with Crippen molar-refractivity contribution in [2.24, 2.45) is 11.8 Å². The zero-order valence-electron chi connectivity index (χ0n) is 11.9. The summed E-state index contributed by atoms with van der Waals surface area (Å²) in [5, 5.41) is 10.4. The minimum absolute atomic E-state index is 0.0526. The minimum Gasteiger partial charge on any atom is -0.391 e. The lowest BCUT2D eigenvalue weighted by molar-refractivity contribution is -0.00996. The summed E-state index contributed by atoms with van der Waals surface area (Å²) in [5.41, 5.74) is 0. The van der Waals surface area contributed by atoms with Gasteiger partial charge in [0, 0.05) is 12.1 Å². The number of likely N-dealkylation sites (tertiary alicyclic amines) is 1. The molecule has 0 aromatic heterocycles. The molecule has 0 radical (unpaired) electrons. The molecular formula is C16H29NO. The number of aliphatic hydroxyl groups is 1. The highest BCUT2D eigenvalue weighted by Gasteiger charge is 2.40. The Labute approximate surface area is 112 Å². The van der Waals surface area contributed by atoms with Gasteiger partial charge in [-0.05, 0) is 63.3 Å². The lowest BCUT2D eigenvalue weighted by atomic mass is 9.83. The van der Waals surface area contributed by atoms with Crippen LogP contribution in [0.25, 0.3) is 0 Å². The largest absolute Gasteiger partial charge is 0.391 e. The van der Waals surface area contributed by atoms with Gasteiger partial charge in [-0.15, -0.1) is 0 Å². The molecule has 1 heterocycles. The van der Waals surface area contributed by atoms with E-state index in [9.17, 15) is 5.11 Å². The van der Waals surface area contributed by atoms with Crippen molar-refractivity contribution in [2.75, 3.05) is 6.54 Å². The van der Waals surface area contributed by atoms with Crippen LogP contribution in [-0.2, 0) is 0 Å². The van der Waals surface area contributed by atoms with Crippen molar-refractivity contribution >= 4 is 0 Å². The predicted molar refractivity (Wildman–Crippen MR) is 74.5 cm³/mol. The van der Waals surface area contributed by atoms with Gasteiger partial charge in [0.15, 0.2) is 0 Å². The standard InChI is InChI=1S/C16H29NO/c1-12-8-9-16(18)15(11-12)17-10-4-7-14(17)13-5-2-3-6-13/h12-16,18H,2-11H2,1H3. The monoisotopic (exact) mass is 251 g/mol. The first-order chi connectivity index (χ1) is 8.75. The van der Waals surface area contributed by atoms with Crippen molar-refractivity contribution in [1.82, 2.24) is 4.90 Å². The van der Waals surface area contributed by atoms with Gasteiger partial charge in [0.05, 0.1) is 6.10 Å². The van der Waals surface area contributed by atoms with Gasteiger partial charge in [-0.2, -0.15) is 0 Å². The van der Waals surface area contributed by atoms with Gasteiger partial charge in [-0.25, -0.2) is 0 Å². The molecular weight excluding hydrogens is 222 g/mol. The summed E-state index contributed by atoms with van der Waals surface area (Å²) in [6.45, 7) is 3.61. The Bertz CT molecular complexity index is 274. The molecule has 2 saturated carbocycles. The summed E-state index contributed by atoms with van der Waals surface area (Å²) in [7, 11) is 0. The predicted octanol–water partition coefficient (Wildman–Crippen LogP) is 3.19. The Morgan fingerprint density at radius 1 is 0.889 bits per heavy atom. The van der Waals surface area contributed by atoms with E-state index in [0.29, 0.717) is 6.04 Å². The van der Waals surface area contributed by atoms with Gasteiger partial charge in [0.1, 0.15) is 0 Å². The lowest BCUT2D eigenvalue weighted by Crippen LogP contribution is -2.50. The van der Waals surface area contributed by atoms with Gasteiger partial charge in [0.25, 0.3) is 0 Å². The molecule has 2 nitrogen and oxygen atoms in total. The van der Waals surface area contributed by atoms with E-state index in [2.05, 4.69) is 11.8 Å². The fraction of sp³-hybridized carbons (Fsp3) is 1.00. The topological polar surface area (TPSA) is 23.5 Å². The molecule has 0 aromatic rings. The van der Waals surface area contributed by atoms with Crippen LogP contribution >= 0.6 is 0 Å². The van der Waals surface area contributed by atoms with Crippen LogP contribution in [0.15, 0.2) is 0 Å². The van der Waals surface area contributed by atoms with E-state index in [1.807, 2.05) is 0 Å². The lowest BCUT2D eigenvalue weighted by Gasteiger charge is -2.42. The first-order valence-corrected chi connectivity index (χ1v) is 8.19. The number of hydrogen-bond acceptors (Lipinski definition) is 2. The maximum atomic E-state index is 10.4. The molecule has 3 rings (SSSR count). The average Bonchev–Trinajstić information content (AvgIpc) is 3.00. The van der Waals surface area contributed by atoms with Crippen molar-refractivity contribution in [3.63, 3.8) is 0 Å². The van der Waals surface area contributed by atoms with Gasteiger partial charge in [-0.1, -0.05) is 19.8 Å². The second-order valence-corrected chi connectivity index (χ2v) is 7.04. The SMILES string of the molecule is CC1CCC(O)C(N2CCCC2C2CCCC2)C1. The molecule has 0 bridgehead atoms. The van der Waals surface area contributed by atoms with E-state index in [0.717, 1.165) is 24.3 Å². The molecule has 4 unspecified atom stereocenters. The Balaban J connectivity index is 1.69. The smallest absolute Gasteiger partial charge is 0.0695 e. The quantitative estimate of drug-likeness (QED) is 0.814. The normalized spacial score (nSPS) is 43.7. The third-order valence-electron chi connectivity index (χ3n) is 5.76. The summed E-state index contributed by atoms with van der Waals surface area (Å²) in [5.74, 6) is 1.75. The number of nitrogens with zero attached hydrogens (tertiary/aromatic N) is 1. The maximum Gasteiger partial charge on any atom is 0.0695 e. The van der Waals surface area contributed by atoms with E-state index in [-0.39, 0.29) is 6.10 Å². The van der Waals surface area contributed by atoms with E-state index < -0.39 is 0 Å². The Morgan fingerprint density at radius 3 is 2.44 bits per heavy atom. The van der Waals surface area contributed by atoms with Crippen LogP contribution < -0.4 is 0 Å². The van der Waals surface area contributed by atoms with Gasteiger partial charge in [0.2, 0.25) is 0 Å². The van der Waals surface area contributed by atoms with Gasteiger partial charge < -0.3 is 5.11 Å². The number of rotatable bonds is 2. The highest BCUT2D eigenvalue weighted by molar-refractivity contribution is 4.95. The second-order valence-electron chi connectivity index (χ2n) is 7.04. The van der Waals surface area contributed by atoms with Crippen molar-refractivity contribution in [2.45, 2.75) is 82.9 Å². The van der Waals surface area contributed by atoms with Crippen LogP contribution in [0.1, 0.15) is 64.7 Å². The summed E-state index contributed by atoms with van der Waals surface area (Å²) in [6.07, 6.45) is 11.9. The van der Waals surface area contributed by atoms with Crippen LogP contribution in [-0.4, -0.2) is 34.7 Å². The van der Waals surface area contributed by atoms with Crippen LogP contribution in [0.4, 0.5) is 0 Å². The van der Waals surface area contributed by atoms with Gasteiger partial charge in [-0.3, -0.25) is 4.90 Å². The molecule has 1 N–H and O–H groups in total. The molecule has 2 aliphatic carbocycles. The Kier molecular flexibility index (Phi) is 3.95. The second kappa shape index (κ2) is 5.50. The molecule has 18 heavy (non-hydrogen) atoms. The van der Waals surface area contributed by atoms with Crippen LogP contribution in [0.5, 0.6) is 0 Å². The first kappa shape index (κ1) is 12.9. The summed E-state index contributed by atoms with van der Waals surface area (Å²) in [4.78, 5) is 2.72. The number of aliphatic hydroxyl groups excluding tert-OH is 1. The molecule has 104 valence electrons. The maximum absolute atomic E-state index is 10.4. The Morgan fingerprint density at radius 2 is 1.67 bits per heavy atom. The van der Waals surface area contributed by atoms with Crippen LogP contribution in [0.2, 0.25) is 0 Å². The molecule has 2 heteroatoms. The molecule has 3 aliphatic rings. The molecule has 0 spiro atoms. The van der Waals surface area contributed by atoms with Crippen LogP contribution in [0.3, 0.4) is 0 Å². The zero-order chi connectivity index (χ0) is 12.5. The molecule has 0 aromatic carbocycles. The highest BCUT2D eigenvalue weighted by Crippen LogP contribution is 2.39. The van der Waals surface area contributed by atoms with Gasteiger partial charge >= 0.3 is 0 Å². The van der Waals surface area contributed by atoms with E-state index >= 15 is 0 Å². The number of hydrogen-bond donors (Lipinski definition) is 1. The fourth-order valence-corrected chi connectivity index (χ4v) is 4.77. The molecule has 1 aliphatic heterocycles. The summed E-state index contributed by atoms with van der Waals surface area (Å²) in [6, 6.07) is 1.28. The fourth-order valence-electron chi connectivity index (χ4n) is 4.77. The third-order valence-corrected chi connectivity index (χ3v) is 5.76. The minimum atomic E-state index is -0.0526. The van der Waals surface area contributed by atoms with E-state index in [4.69, 9.17) is 0 Å².